The van der Waals surface area contributed by atoms with E-state index in [1.165, 1.54) is 22.2 Å². The van der Waals surface area contributed by atoms with Crippen LogP contribution in [0.1, 0.15) is 20.9 Å². The van der Waals surface area contributed by atoms with Crippen molar-refractivity contribution >= 4 is 45.0 Å². The lowest BCUT2D eigenvalue weighted by atomic mass is 10.2. The first-order chi connectivity index (χ1) is 11.5. The molecule has 8 heteroatoms. The van der Waals surface area contributed by atoms with E-state index in [1.807, 2.05) is 32.2 Å². The van der Waals surface area contributed by atoms with Crippen LogP contribution in [0.15, 0.2) is 27.7 Å². The molecule has 0 unspecified atom stereocenters. The second kappa shape index (κ2) is 6.66. The van der Waals surface area contributed by atoms with Gasteiger partial charge < -0.3 is 0 Å². The Labute approximate surface area is 146 Å². The van der Waals surface area contributed by atoms with E-state index in [4.69, 9.17) is 0 Å². The molecule has 3 aromatic rings. The number of hydrogen-bond acceptors (Lipinski definition) is 6. The molecule has 0 aliphatic rings. The van der Waals surface area contributed by atoms with Gasteiger partial charge in [0.05, 0.1) is 17.9 Å². The maximum absolute atomic E-state index is 12.5. The van der Waals surface area contributed by atoms with Gasteiger partial charge >= 0.3 is 0 Å². The minimum atomic E-state index is -0.367. The molecular weight excluding hydrogens is 344 g/mol. The van der Waals surface area contributed by atoms with Crippen molar-refractivity contribution in [2.45, 2.75) is 27.3 Å². The number of amides is 1. The fourth-order valence-corrected chi connectivity index (χ4v) is 4.03. The summed E-state index contributed by atoms with van der Waals surface area (Å²) in [6.07, 6.45) is 3.02. The van der Waals surface area contributed by atoms with Gasteiger partial charge in [0.25, 0.3) is 11.5 Å². The van der Waals surface area contributed by atoms with Crippen LogP contribution in [-0.4, -0.2) is 21.7 Å². The summed E-state index contributed by atoms with van der Waals surface area (Å²) in [6.45, 7) is 5.72. The lowest BCUT2D eigenvalue weighted by molar-refractivity contribution is -0.121. The van der Waals surface area contributed by atoms with E-state index in [0.717, 1.165) is 20.9 Å². The zero-order valence-corrected chi connectivity index (χ0v) is 15.1. The van der Waals surface area contributed by atoms with Crippen molar-refractivity contribution in [2.75, 3.05) is 0 Å². The maximum Gasteiger partial charge on any atom is 0.262 e. The minimum absolute atomic E-state index is 0.114. The number of aryl methyl sites for hydroxylation is 3. The fraction of sp³-hybridized carbons (Fsp3) is 0.250. The monoisotopic (exact) mass is 360 g/mol. The highest BCUT2D eigenvalue weighted by molar-refractivity contribution is 7.18. The molecule has 0 radical (unpaired) electrons. The van der Waals surface area contributed by atoms with E-state index < -0.39 is 0 Å². The van der Waals surface area contributed by atoms with Crippen LogP contribution in [0.3, 0.4) is 0 Å². The zero-order valence-electron chi connectivity index (χ0n) is 13.5. The number of aromatic nitrogens is 2. The topological polar surface area (TPSA) is 76.3 Å². The van der Waals surface area contributed by atoms with Gasteiger partial charge in [-0.2, -0.15) is 5.10 Å². The van der Waals surface area contributed by atoms with Crippen molar-refractivity contribution in [3.05, 3.63) is 49.0 Å². The van der Waals surface area contributed by atoms with E-state index in [0.29, 0.717) is 10.2 Å². The summed E-state index contributed by atoms with van der Waals surface area (Å²) in [5.41, 5.74) is 4.27. The Hall–Kier alpha value is -2.32. The van der Waals surface area contributed by atoms with Crippen molar-refractivity contribution in [3.8, 4) is 0 Å². The van der Waals surface area contributed by atoms with Crippen LogP contribution in [0.5, 0.6) is 0 Å². The lowest BCUT2D eigenvalue weighted by Crippen LogP contribution is -2.30. The Morgan fingerprint density at radius 2 is 2.21 bits per heavy atom. The maximum atomic E-state index is 12.5. The van der Waals surface area contributed by atoms with Crippen molar-refractivity contribution in [3.63, 3.8) is 0 Å². The Bertz CT molecular complexity index is 997. The SMILES string of the molecule is Cc1ccsc1/C=N\NC(=O)Cn1cnc2sc(C)c(C)c2c1=O. The Balaban J connectivity index is 1.75. The molecule has 124 valence electrons. The number of carbonyl (C=O) groups is 1. The molecule has 0 saturated carbocycles. The number of nitrogens with one attached hydrogen (secondary N) is 1. The van der Waals surface area contributed by atoms with Crippen molar-refractivity contribution < 1.29 is 4.79 Å². The third-order valence-electron chi connectivity index (χ3n) is 3.74. The molecule has 3 aromatic heterocycles. The van der Waals surface area contributed by atoms with Gasteiger partial charge in [-0.3, -0.25) is 14.2 Å². The first-order valence-electron chi connectivity index (χ1n) is 7.28. The van der Waals surface area contributed by atoms with Gasteiger partial charge in [-0.25, -0.2) is 10.4 Å². The van der Waals surface area contributed by atoms with Gasteiger partial charge in [-0.1, -0.05) is 0 Å². The molecule has 0 aliphatic heterocycles. The molecule has 0 spiro atoms. The lowest BCUT2D eigenvalue weighted by Gasteiger charge is -2.04. The molecule has 0 aromatic carbocycles. The summed E-state index contributed by atoms with van der Waals surface area (Å²) in [4.78, 5) is 31.5. The zero-order chi connectivity index (χ0) is 17.3. The number of hydrazone groups is 1. The molecule has 0 atom stereocenters. The van der Waals surface area contributed by atoms with Crippen molar-refractivity contribution in [1.82, 2.24) is 15.0 Å². The predicted octanol–water partition coefficient (Wildman–Crippen LogP) is 2.60. The van der Waals surface area contributed by atoms with Crippen LogP contribution in [-0.2, 0) is 11.3 Å². The average Bonchev–Trinajstić information content (AvgIpc) is 3.07. The summed E-state index contributed by atoms with van der Waals surface area (Å²) in [5.74, 6) is -0.367. The van der Waals surface area contributed by atoms with Crippen molar-refractivity contribution in [1.29, 1.82) is 0 Å². The second-order valence-electron chi connectivity index (χ2n) is 5.40. The number of carbonyl (C=O) groups excluding carboxylic acids is 1. The summed E-state index contributed by atoms with van der Waals surface area (Å²) in [6, 6.07) is 1.99. The summed E-state index contributed by atoms with van der Waals surface area (Å²) in [5, 5.41) is 6.49. The Morgan fingerprint density at radius 3 is 2.92 bits per heavy atom. The van der Waals surface area contributed by atoms with E-state index >= 15 is 0 Å². The van der Waals surface area contributed by atoms with Crippen LogP contribution in [0.4, 0.5) is 0 Å². The third-order valence-corrected chi connectivity index (χ3v) is 5.81. The first kappa shape index (κ1) is 16.5. The van der Waals surface area contributed by atoms with Crippen LogP contribution in [0.25, 0.3) is 10.2 Å². The van der Waals surface area contributed by atoms with Gasteiger partial charge in [0.15, 0.2) is 0 Å². The molecule has 0 saturated heterocycles. The highest BCUT2D eigenvalue weighted by Crippen LogP contribution is 2.25. The van der Waals surface area contributed by atoms with Crippen LogP contribution >= 0.6 is 22.7 Å². The number of fused-ring (bicyclic) bond motifs is 1. The molecule has 1 amide bonds. The number of thiophene rings is 2. The summed E-state index contributed by atoms with van der Waals surface area (Å²) < 4.78 is 1.31. The van der Waals surface area contributed by atoms with E-state index in [9.17, 15) is 9.59 Å². The largest absolute Gasteiger partial charge is 0.289 e. The van der Waals surface area contributed by atoms with Crippen LogP contribution < -0.4 is 11.0 Å². The van der Waals surface area contributed by atoms with Crippen LogP contribution in [0.2, 0.25) is 0 Å². The van der Waals surface area contributed by atoms with E-state index in [2.05, 4.69) is 15.5 Å². The molecule has 3 rings (SSSR count). The molecule has 1 N–H and O–H groups in total. The number of rotatable bonds is 4. The van der Waals surface area contributed by atoms with E-state index in [1.54, 1.807) is 17.6 Å². The molecule has 6 nitrogen and oxygen atoms in total. The molecule has 0 aliphatic carbocycles. The van der Waals surface area contributed by atoms with Gasteiger partial charge in [-0.15, -0.1) is 22.7 Å². The second-order valence-corrected chi connectivity index (χ2v) is 7.55. The third kappa shape index (κ3) is 3.15. The highest BCUT2D eigenvalue weighted by Gasteiger charge is 2.13. The Morgan fingerprint density at radius 1 is 1.42 bits per heavy atom. The average molecular weight is 360 g/mol. The number of hydrogen-bond donors (Lipinski definition) is 1. The number of nitrogens with zero attached hydrogens (tertiary/aromatic N) is 3. The normalized spacial score (nSPS) is 11.5. The fourth-order valence-electron chi connectivity index (χ4n) is 2.25. The molecule has 0 fully saturated rings. The van der Waals surface area contributed by atoms with Gasteiger partial charge in [0.1, 0.15) is 11.4 Å². The molecular formula is C16H16N4O2S2. The predicted molar refractivity (Wildman–Crippen MR) is 98.1 cm³/mol. The molecule has 24 heavy (non-hydrogen) atoms. The van der Waals surface area contributed by atoms with Gasteiger partial charge in [0.2, 0.25) is 0 Å². The van der Waals surface area contributed by atoms with Crippen LogP contribution in [0, 0.1) is 20.8 Å². The summed E-state index contributed by atoms with van der Waals surface area (Å²) in [7, 11) is 0. The molecule has 3 heterocycles. The van der Waals surface area contributed by atoms with Gasteiger partial charge in [0, 0.05) is 9.75 Å². The standard InChI is InChI=1S/C16H16N4O2S2/c1-9-4-5-23-12(9)6-18-19-13(21)7-20-8-17-15-14(16(20)22)10(2)11(3)24-15/h4-6,8H,7H2,1-3H3,(H,19,21)/b18-6-. The highest BCUT2D eigenvalue weighted by atomic mass is 32.1. The minimum Gasteiger partial charge on any atom is -0.289 e. The van der Waals surface area contributed by atoms with Crippen molar-refractivity contribution in [2.24, 2.45) is 5.10 Å². The van der Waals surface area contributed by atoms with E-state index in [-0.39, 0.29) is 18.0 Å². The molecule has 0 bridgehead atoms. The first-order valence-corrected chi connectivity index (χ1v) is 8.98. The summed E-state index contributed by atoms with van der Waals surface area (Å²) >= 11 is 3.04. The Kier molecular flexibility index (Phi) is 4.59. The van der Waals surface area contributed by atoms with Gasteiger partial charge in [-0.05, 0) is 43.3 Å². The quantitative estimate of drug-likeness (QED) is 0.574. The smallest absolute Gasteiger partial charge is 0.262 e.